The van der Waals surface area contributed by atoms with Crippen LogP contribution in [0.25, 0.3) is 0 Å². The summed E-state index contributed by atoms with van der Waals surface area (Å²) < 4.78 is 27.4. The fourth-order valence-corrected chi connectivity index (χ4v) is 2.01. The summed E-state index contributed by atoms with van der Waals surface area (Å²) >= 11 is 0. The summed E-state index contributed by atoms with van der Waals surface area (Å²) in [6.07, 6.45) is 0. The third-order valence-corrected chi connectivity index (χ3v) is 3.22. The summed E-state index contributed by atoms with van der Waals surface area (Å²) in [5, 5.41) is 0. The lowest BCUT2D eigenvalue weighted by atomic mass is 10.3. The second-order valence-corrected chi connectivity index (χ2v) is 5.16. The van der Waals surface area contributed by atoms with Gasteiger partial charge in [-0.25, -0.2) is 0 Å². The Hall–Kier alpha value is -2.08. The van der Waals surface area contributed by atoms with Crippen LogP contribution in [-0.4, -0.2) is 52.9 Å². The fraction of sp³-hybridized carbons (Fsp3) is 0.400. The standard InChI is InChI=1S/C20H26O5/c1-3-7-19(8-4-1)24-17-15-22-13-11-21-12-14-23-16-18-25-20-9-5-2-6-10-20/h1-10H,11-18H2. The molecule has 0 amide bonds. The highest BCUT2D eigenvalue weighted by molar-refractivity contribution is 5.21. The van der Waals surface area contributed by atoms with E-state index in [4.69, 9.17) is 23.7 Å². The molecule has 0 fully saturated rings. The van der Waals surface area contributed by atoms with Crippen molar-refractivity contribution >= 4 is 0 Å². The van der Waals surface area contributed by atoms with Gasteiger partial charge >= 0.3 is 0 Å². The van der Waals surface area contributed by atoms with Crippen LogP contribution in [0, 0.1) is 0 Å². The second-order valence-electron chi connectivity index (χ2n) is 5.16. The van der Waals surface area contributed by atoms with E-state index >= 15 is 0 Å². The highest BCUT2D eigenvalue weighted by Gasteiger charge is 1.95. The molecule has 5 nitrogen and oxygen atoms in total. The first-order valence-electron chi connectivity index (χ1n) is 8.54. The van der Waals surface area contributed by atoms with E-state index in [-0.39, 0.29) is 0 Å². The van der Waals surface area contributed by atoms with Gasteiger partial charge < -0.3 is 23.7 Å². The van der Waals surface area contributed by atoms with Gasteiger partial charge in [0.25, 0.3) is 0 Å². The van der Waals surface area contributed by atoms with Crippen molar-refractivity contribution in [3.63, 3.8) is 0 Å². The number of rotatable bonds is 14. The SMILES string of the molecule is c1ccc(OCCOCCOCCOCCOc2ccccc2)cc1. The maximum absolute atomic E-state index is 5.52. The molecule has 0 aromatic heterocycles. The molecule has 0 radical (unpaired) electrons. The Labute approximate surface area is 149 Å². The van der Waals surface area contributed by atoms with Gasteiger partial charge in [0.2, 0.25) is 0 Å². The molecular formula is C20H26O5. The average Bonchev–Trinajstić information content (AvgIpc) is 2.67. The number of ether oxygens (including phenoxy) is 5. The zero-order chi connectivity index (χ0) is 17.4. The smallest absolute Gasteiger partial charge is 0.119 e. The van der Waals surface area contributed by atoms with Crippen molar-refractivity contribution in [3.8, 4) is 11.5 Å². The highest BCUT2D eigenvalue weighted by atomic mass is 16.6. The van der Waals surface area contributed by atoms with Gasteiger partial charge in [-0.05, 0) is 24.3 Å². The molecule has 0 aliphatic carbocycles. The van der Waals surface area contributed by atoms with Crippen LogP contribution in [0.4, 0.5) is 0 Å². The van der Waals surface area contributed by atoms with Gasteiger partial charge in [0.05, 0.1) is 39.6 Å². The van der Waals surface area contributed by atoms with Gasteiger partial charge in [0, 0.05) is 0 Å². The van der Waals surface area contributed by atoms with Gasteiger partial charge in [-0.1, -0.05) is 36.4 Å². The molecule has 2 rings (SSSR count). The van der Waals surface area contributed by atoms with Gasteiger partial charge in [-0.15, -0.1) is 0 Å². The number of hydrogen-bond acceptors (Lipinski definition) is 5. The predicted octanol–water partition coefficient (Wildman–Crippen LogP) is 3.19. The molecule has 2 aromatic carbocycles. The van der Waals surface area contributed by atoms with Crippen LogP contribution in [-0.2, 0) is 14.2 Å². The van der Waals surface area contributed by atoms with Crippen molar-refractivity contribution in [2.75, 3.05) is 52.9 Å². The molecule has 0 aliphatic heterocycles. The molecule has 136 valence electrons. The first-order valence-corrected chi connectivity index (χ1v) is 8.54. The summed E-state index contributed by atoms with van der Waals surface area (Å²) in [4.78, 5) is 0. The molecule has 0 bridgehead atoms. The molecule has 0 saturated heterocycles. The minimum atomic E-state index is 0.536. The lowest BCUT2D eigenvalue weighted by molar-refractivity contribution is 0.00499. The van der Waals surface area contributed by atoms with E-state index in [2.05, 4.69) is 0 Å². The summed E-state index contributed by atoms with van der Waals surface area (Å²) in [5.74, 6) is 1.71. The summed E-state index contributed by atoms with van der Waals surface area (Å²) in [6.45, 7) is 4.37. The molecule has 0 heterocycles. The van der Waals surface area contributed by atoms with Gasteiger partial charge in [-0.2, -0.15) is 0 Å². The number of para-hydroxylation sites is 2. The van der Waals surface area contributed by atoms with E-state index in [1.165, 1.54) is 0 Å². The molecule has 0 saturated carbocycles. The van der Waals surface area contributed by atoms with Gasteiger partial charge in [0.15, 0.2) is 0 Å². The first kappa shape index (κ1) is 19.2. The minimum absolute atomic E-state index is 0.536. The Morgan fingerprint density at radius 3 is 1.08 bits per heavy atom. The van der Waals surface area contributed by atoms with Crippen molar-refractivity contribution in [2.45, 2.75) is 0 Å². The van der Waals surface area contributed by atoms with E-state index in [0.717, 1.165) is 11.5 Å². The predicted molar refractivity (Wildman–Crippen MR) is 96.3 cm³/mol. The molecule has 25 heavy (non-hydrogen) atoms. The summed E-state index contributed by atoms with van der Waals surface area (Å²) in [6, 6.07) is 19.4. The van der Waals surface area contributed by atoms with E-state index in [0.29, 0.717) is 52.9 Å². The topological polar surface area (TPSA) is 46.2 Å². The Bertz CT molecular complexity index is 483. The Morgan fingerprint density at radius 1 is 0.400 bits per heavy atom. The molecule has 2 aromatic rings. The van der Waals surface area contributed by atoms with Crippen LogP contribution in [0.3, 0.4) is 0 Å². The first-order chi connectivity index (χ1) is 12.4. The quantitative estimate of drug-likeness (QED) is 0.492. The van der Waals surface area contributed by atoms with Crippen LogP contribution in [0.2, 0.25) is 0 Å². The molecule has 5 heteroatoms. The Balaban J connectivity index is 1.30. The maximum atomic E-state index is 5.52. The number of benzene rings is 2. The van der Waals surface area contributed by atoms with Crippen molar-refractivity contribution < 1.29 is 23.7 Å². The van der Waals surface area contributed by atoms with Crippen LogP contribution in [0.1, 0.15) is 0 Å². The van der Waals surface area contributed by atoms with Gasteiger partial charge in [-0.3, -0.25) is 0 Å². The molecular weight excluding hydrogens is 320 g/mol. The molecule has 0 spiro atoms. The van der Waals surface area contributed by atoms with E-state index in [9.17, 15) is 0 Å². The lowest BCUT2D eigenvalue weighted by Crippen LogP contribution is -2.14. The third kappa shape index (κ3) is 9.72. The second kappa shape index (κ2) is 13.2. The van der Waals surface area contributed by atoms with Crippen molar-refractivity contribution in [3.05, 3.63) is 60.7 Å². The zero-order valence-electron chi connectivity index (χ0n) is 14.5. The normalized spacial score (nSPS) is 10.6. The minimum Gasteiger partial charge on any atom is -0.491 e. The third-order valence-electron chi connectivity index (χ3n) is 3.22. The highest BCUT2D eigenvalue weighted by Crippen LogP contribution is 2.08. The lowest BCUT2D eigenvalue weighted by Gasteiger charge is -2.08. The molecule has 0 atom stereocenters. The van der Waals surface area contributed by atoms with Crippen LogP contribution in [0.5, 0.6) is 11.5 Å². The van der Waals surface area contributed by atoms with Crippen molar-refractivity contribution in [2.24, 2.45) is 0 Å². The Morgan fingerprint density at radius 2 is 0.720 bits per heavy atom. The molecule has 0 unspecified atom stereocenters. The van der Waals surface area contributed by atoms with E-state index in [1.807, 2.05) is 60.7 Å². The van der Waals surface area contributed by atoms with Crippen molar-refractivity contribution in [1.29, 1.82) is 0 Å². The van der Waals surface area contributed by atoms with E-state index in [1.54, 1.807) is 0 Å². The average molecular weight is 346 g/mol. The maximum Gasteiger partial charge on any atom is 0.119 e. The van der Waals surface area contributed by atoms with E-state index < -0.39 is 0 Å². The molecule has 0 N–H and O–H groups in total. The summed E-state index contributed by atoms with van der Waals surface area (Å²) in [7, 11) is 0. The van der Waals surface area contributed by atoms with Crippen LogP contribution in [0.15, 0.2) is 60.7 Å². The summed E-state index contributed by atoms with van der Waals surface area (Å²) in [5.41, 5.74) is 0. The monoisotopic (exact) mass is 346 g/mol. The van der Waals surface area contributed by atoms with Crippen LogP contribution >= 0.6 is 0 Å². The van der Waals surface area contributed by atoms with Gasteiger partial charge in [0.1, 0.15) is 24.7 Å². The Kier molecular flexibility index (Phi) is 10.2. The van der Waals surface area contributed by atoms with Crippen LogP contribution < -0.4 is 9.47 Å². The molecule has 0 aliphatic rings. The zero-order valence-corrected chi connectivity index (χ0v) is 14.5. The van der Waals surface area contributed by atoms with Crippen molar-refractivity contribution in [1.82, 2.24) is 0 Å². The largest absolute Gasteiger partial charge is 0.491 e. The fourth-order valence-electron chi connectivity index (χ4n) is 2.01. The number of hydrogen-bond donors (Lipinski definition) is 0.